The van der Waals surface area contributed by atoms with Crippen molar-refractivity contribution in [3.63, 3.8) is 0 Å². The zero-order valence-corrected chi connectivity index (χ0v) is 11.6. The fraction of sp³-hybridized carbons (Fsp3) is 0.600. The average Bonchev–Trinajstić information content (AvgIpc) is 2.65. The van der Waals surface area contributed by atoms with E-state index in [4.69, 9.17) is 11.0 Å². The van der Waals surface area contributed by atoms with Gasteiger partial charge in [0.1, 0.15) is 6.07 Å². The van der Waals surface area contributed by atoms with Crippen molar-refractivity contribution in [3.05, 3.63) is 17.8 Å². The van der Waals surface area contributed by atoms with Gasteiger partial charge in [-0.1, -0.05) is 19.8 Å². The first kappa shape index (κ1) is 13.7. The van der Waals surface area contributed by atoms with Gasteiger partial charge >= 0.3 is 0 Å². The third-order valence-corrected chi connectivity index (χ3v) is 3.87. The van der Waals surface area contributed by atoms with Gasteiger partial charge in [0.05, 0.1) is 11.3 Å². The number of nitriles is 1. The van der Waals surface area contributed by atoms with Crippen LogP contribution >= 0.6 is 0 Å². The van der Waals surface area contributed by atoms with Crippen LogP contribution in [0.5, 0.6) is 0 Å². The van der Waals surface area contributed by atoms with Gasteiger partial charge in [-0.25, -0.2) is 4.98 Å². The number of pyridine rings is 1. The third kappa shape index (κ3) is 3.37. The van der Waals surface area contributed by atoms with E-state index < -0.39 is 0 Å². The molecule has 19 heavy (non-hydrogen) atoms. The molecule has 1 aromatic rings. The van der Waals surface area contributed by atoms with Gasteiger partial charge in [-0.2, -0.15) is 5.26 Å². The second-order valence-corrected chi connectivity index (χ2v) is 5.32. The van der Waals surface area contributed by atoms with Crippen molar-refractivity contribution in [1.29, 1.82) is 5.26 Å². The van der Waals surface area contributed by atoms with Gasteiger partial charge in [-0.05, 0) is 31.2 Å². The first-order valence-electron chi connectivity index (χ1n) is 7.15. The monoisotopic (exact) mass is 258 g/mol. The van der Waals surface area contributed by atoms with Crippen molar-refractivity contribution >= 4 is 11.5 Å². The molecule has 0 radical (unpaired) electrons. The van der Waals surface area contributed by atoms with Gasteiger partial charge in [0.15, 0.2) is 5.82 Å². The summed E-state index contributed by atoms with van der Waals surface area (Å²) in [6, 6.07) is 3.79. The van der Waals surface area contributed by atoms with Crippen LogP contribution in [0.1, 0.15) is 44.6 Å². The lowest BCUT2D eigenvalue weighted by Crippen LogP contribution is -2.26. The number of aromatic nitrogens is 1. The molecular formula is C15H22N4. The molecule has 0 aromatic carbocycles. The van der Waals surface area contributed by atoms with E-state index in [0.717, 1.165) is 24.8 Å². The van der Waals surface area contributed by atoms with E-state index in [1.54, 1.807) is 12.3 Å². The molecule has 2 N–H and O–H groups in total. The van der Waals surface area contributed by atoms with Crippen LogP contribution in [0.3, 0.4) is 0 Å². The highest BCUT2D eigenvalue weighted by molar-refractivity contribution is 5.64. The lowest BCUT2D eigenvalue weighted by molar-refractivity contribution is 0.435. The fourth-order valence-electron chi connectivity index (χ4n) is 2.87. The molecule has 0 bridgehead atoms. The maximum Gasteiger partial charge on any atom is 0.151 e. The Bertz CT molecular complexity index is 464. The molecule has 1 saturated heterocycles. The van der Waals surface area contributed by atoms with Crippen LogP contribution in [0.2, 0.25) is 0 Å². The standard InChI is InChI=1S/C15H22N4/c1-2-4-12-5-3-7-19(8-6-12)15-14(17)9-13(10-16)11-18-15/h9,11-12H,2-8,17H2,1H3. The number of hydrogen-bond acceptors (Lipinski definition) is 4. The lowest BCUT2D eigenvalue weighted by atomic mass is 9.96. The largest absolute Gasteiger partial charge is 0.396 e. The highest BCUT2D eigenvalue weighted by Gasteiger charge is 2.19. The van der Waals surface area contributed by atoms with Crippen molar-refractivity contribution in [2.45, 2.75) is 39.0 Å². The van der Waals surface area contributed by atoms with E-state index >= 15 is 0 Å². The molecule has 0 aliphatic carbocycles. The maximum atomic E-state index is 8.84. The molecule has 1 aliphatic rings. The van der Waals surface area contributed by atoms with Crippen molar-refractivity contribution in [1.82, 2.24) is 4.98 Å². The molecule has 1 fully saturated rings. The minimum Gasteiger partial charge on any atom is -0.396 e. The Hall–Kier alpha value is -1.76. The molecule has 102 valence electrons. The summed E-state index contributed by atoms with van der Waals surface area (Å²) >= 11 is 0. The van der Waals surface area contributed by atoms with E-state index in [0.29, 0.717) is 11.3 Å². The highest BCUT2D eigenvalue weighted by atomic mass is 15.2. The van der Waals surface area contributed by atoms with E-state index in [1.807, 2.05) is 0 Å². The van der Waals surface area contributed by atoms with Crippen molar-refractivity contribution < 1.29 is 0 Å². The second kappa shape index (κ2) is 6.42. The summed E-state index contributed by atoms with van der Waals surface area (Å²) in [4.78, 5) is 6.63. The number of nitrogen functional groups attached to an aromatic ring is 1. The zero-order chi connectivity index (χ0) is 13.7. The van der Waals surface area contributed by atoms with Gasteiger partial charge < -0.3 is 10.6 Å². The minimum atomic E-state index is 0.528. The Morgan fingerprint density at radius 3 is 3.00 bits per heavy atom. The van der Waals surface area contributed by atoms with Crippen LogP contribution in [-0.4, -0.2) is 18.1 Å². The number of nitrogens with two attached hydrogens (primary N) is 1. The van der Waals surface area contributed by atoms with Crippen LogP contribution in [0.4, 0.5) is 11.5 Å². The normalized spacial score (nSPS) is 19.8. The number of nitrogens with zero attached hydrogens (tertiary/aromatic N) is 3. The first-order chi connectivity index (χ1) is 9.24. The first-order valence-corrected chi connectivity index (χ1v) is 7.15. The molecule has 2 heterocycles. The third-order valence-electron chi connectivity index (χ3n) is 3.87. The summed E-state index contributed by atoms with van der Waals surface area (Å²) in [5.41, 5.74) is 7.16. The van der Waals surface area contributed by atoms with Crippen LogP contribution in [-0.2, 0) is 0 Å². The van der Waals surface area contributed by atoms with Gasteiger partial charge in [-0.3, -0.25) is 0 Å². The van der Waals surface area contributed by atoms with Crippen LogP contribution in [0.15, 0.2) is 12.3 Å². The molecule has 0 spiro atoms. The predicted molar refractivity (Wildman–Crippen MR) is 77.8 cm³/mol. The molecule has 0 amide bonds. The number of rotatable bonds is 3. The maximum absolute atomic E-state index is 8.84. The Kier molecular flexibility index (Phi) is 4.62. The molecule has 2 rings (SSSR count). The van der Waals surface area contributed by atoms with E-state index in [2.05, 4.69) is 22.9 Å². The van der Waals surface area contributed by atoms with E-state index in [9.17, 15) is 0 Å². The lowest BCUT2D eigenvalue weighted by Gasteiger charge is -2.23. The number of hydrogen-bond donors (Lipinski definition) is 1. The summed E-state index contributed by atoms with van der Waals surface area (Å²) in [6.45, 7) is 4.29. The van der Waals surface area contributed by atoms with Gasteiger partial charge in [0.25, 0.3) is 0 Å². The van der Waals surface area contributed by atoms with Crippen molar-refractivity contribution in [2.24, 2.45) is 5.92 Å². The van der Waals surface area contributed by atoms with E-state index in [1.165, 1.54) is 32.1 Å². The molecule has 4 heteroatoms. The minimum absolute atomic E-state index is 0.528. The average molecular weight is 258 g/mol. The van der Waals surface area contributed by atoms with Crippen LogP contribution < -0.4 is 10.6 Å². The van der Waals surface area contributed by atoms with Crippen molar-refractivity contribution in [3.8, 4) is 6.07 Å². The van der Waals surface area contributed by atoms with Gasteiger partial charge in [0, 0.05) is 19.3 Å². The molecule has 4 nitrogen and oxygen atoms in total. The quantitative estimate of drug-likeness (QED) is 0.905. The van der Waals surface area contributed by atoms with Gasteiger partial charge in [0.2, 0.25) is 0 Å². The SMILES string of the molecule is CCCC1CCCN(c2ncc(C#N)cc2N)CC1. The van der Waals surface area contributed by atoms with Crippen molar-refractivity contribution in [2.75, 3.05) is 23.7 Å². The Morgan fingerprint density at radius 1 is 1.47 bits per heavy atom. The van der Waals surface area contributed by atoms with Gasteiger partial charge in [-0.15, -0.1) is 0 Å². The van der Waals surface area contributed by atoms with Crippen LogP contribution in [0, 0.1) is 17.2 Å². The summed E-state index contributed by atoms with van der Waals surface area (Å²) < 4.78 is 0. The molecule has 1 aliphatic heterocycles. The Labute approximate surface area is 115 Å². The molecular weight excluding hydrogens is 236 g/mol. The number of anilines is 2. The molecule has 0 saturated carbocycles. The summed E-state index contributed by atoms with van der Waals surface area (Å²) in [7, 11) is 0. The van der Waals surface area contributed by atoms with Crippen LogP contribution in [0.25, 0.3) is 0 Å². The second-order valence-electron chi connectivity index (χ2n) is 5.32. The summed E-state index contributed by atoms with van der Waals surface area (Å²) in [5.74, 6) is 1.69. The Morgan fingerprint density at radius 2 is 2.32 bits per heavy atom. The van der Waals surface area contributed by atoms with E-state index in [-0.39, 0.29) is 0 Å². The summed E-state index contributed by atoms with van der Waals surface area (Å²) in [5, 5.41) is 8.84. The fourth-order valence-corrected chi connectivity index (χ4v) is 2.87. The smallest absolute Gasteiger partial charge is 0.151 e. The Balaban J connectivity index is 2.08. The topological polar surface area (TPSA) is 65.9 Å². The predicted octanol–water partition coefficient (Wildman–Crippen LogP) is 2.94. The molecule has 1 atom stereocenters. The summed E-state index contributed by atoms with van der Waals surface area (Å²) in [6.07, 6.45) is 7.92. The highest BCUT2D eigenvalue weighted by Crippen LogP contribution is 2.27. The molecule has 1 aromatic heterocycles. The molecule has 1 unspecified atom stereocenters. The zero-order valence-electron chi connectivity index (χ0n) is 11.6.